The average Bonchev–Trinajstić information content (AvgIpc) is 2.62. The lowest BCUT2D eigenvalue weighted by Gasteiger charge is -2.14. The Balaban J connectivity index is 2.33. The van der Waals surface area contributed by atoms with E-state index in [1.807, 2.05) is 0 Å². The highest BCUT2D eigenvalue weighted by atomic mass is 79.9. The van der Waals surface area contributed by atoms with Crippen molar-refractivity contribution >= 4 is 27.5 Å². The molecule has 0 bridgehead atoms. The van der Waals surface area contributed by atoms with Gasteiger partial charge in [0.2, 0.25) is 0 Å². The fourth-order valence-corrected chi connectivity index (χ4v) is 2.65. The molecule has 1 amide bonds. The van der Waals surface area contributed by atoms with Crippen LogP contribution in [0.25, 0.3) is 0 Å². The van der Waals surface area contributed by atoms with Crippen molar-refractivity contribution in [2.75, 3.05) is 33.8 Å². The van der Waals surface area contributed by atoms with E-state index in [1.54, 1.807) is 37.4 Å². The van der Waals surface area contributed by atoms with Gasteiger partial charge < -0.3 is 24.3 Å². The predicted molar refractivity (Wildman–Crippen MR) is 94.7 cm³/mol. The van der Waals surface area contributed by atoms with Gasteiger partial charge in [-0.1, -0.05) is 0 Å². The Labute approximate surface area is 148 Å². The zero-order chi connectivity index (χ0) is 17.7. The molecule has 7 heteroatoms. The van der Waals surface area contributed by atoms with Crippen LogP contribution < -0.4 is 24.3 Å². The van der Waals surface area contributed by atoms with Gasteiger partial charge in [-0.2, -0.15) is 0 Å². The van der Waals surface area contributed by atoms with Crippen molar-refractivity contribution in [3.05, 3.63) is 40.4 Å². The zero-order valence-corrected chi connectivity index (χ0v) is 15.4. The van der Waals surface area contributed by atoms with Crippen molar-refractivity contribution in [3.63, 3.8) is 0 Å². The Morgan fingerprint density at radius 1 is 0.875 bits per heavy atom. The molecule has 0 aromatic heterocycles. The summed E-state index contributed by atoms with van der Waals surface area (Å²) in [5.74, 6) is 1.82. The monoisotopic (exact) mass is 395 g/mol. The number of rotatable bonds is 6. The molecule has 0 atom stereocenters. The van der Waals surface area contributed by atoms with E-state index < -0.39 is 0 Å². The number of amides is 1. The largest absolute Gasteiger partial charge is 0.497 e. The number of ether oxygens (including phenoxy) is 4. The number of halogens is 1. The van der Waals surface area contributed by atoms with E-state index >= 15 is 0 Å². The molecule has 0 aliphatic rings. The van der Waals surface area contributed by atoms with Gasteiger partial charge in [0.15, 0.2) is 0 Å². The van der Waals surface area contributed by atoms with Gasteiger partial charge in [0.25, 0.3) is 5.91 Å². The van der Waals surface area contributed by atoms with Gasteiger partial charge >= 0.3 is 0 Å². The number of hydrogen-bond acceptors (Lipinski definition) is 5. The number of carbonyl (C=O) groups is 1. The van der Waals surface area contributed by atoms with Gasteiger partial charge in [-0.3, -0.25) is 4.79 Å². The average molecular weight is 396 g/mol. The van der Waals surface area contributed by atoms with E-state index in [4.69, 9.17) is 18.9 Å². The fourth-order valence-electron chi connectivity index (χ4n) is 2.10. The quantitative estimate of drug-likeness (QED) is 0.806. The number of anilines is 1. The summed E-state index contributed by atoms with van der Waals surface area (Å²) in [6.45, 7) is 0. The molecule has 0 saturated heterocycles. The first-order valence-corrected chi connectivity index (χ1v) is 7.78. The number of methoxy groups -OCH3 is 4. The van der Waals surface area contributed by atoms with E-state index in [0.29, 0.717) is 38.7 Å². The lowest BCUT2D eigenvalue weighted by atomic mass is 10.1. The maximum atomic E-state index is 12.6. The molecular weight excluding hydrogens is 378 g/mol. The van der Waals surface area contributed by atoms with E-state index in [1.165, 1.54) is 21.3 Å². The summed E-state index contributed by atoms with van der Waals surface area (Å²) in [4.78, 5) is 12.6. The topological polar surface area (TPSA) is 66.0 Å². The van der Waals surface area contributed by atoms with Gasteiger partial charge in [-0.15, -0.1) is 0 Å². The van der Waals surface area contributed by atoms with Crippen molar-refractivity contribution in [2.45, 2.75) is 0 Å². The molecule has 1 N–H and O–H groups in total. The zero-order valence-electron chi connectivity index (χ0n) is 13.8. The Bertz CT molecular complexity index is 723. The first kappa shape index (κ1) is 17.9. The van der Waals surface area contributed by atoms with Crippen molar-refractivity contribution in [1.29, 1.82) is 0 Å². The minimum atomic E-state index is -0.317. The lowest BCUT2D eigenvalue weighted by molar-refractivity contribution is 0.102. The summed E-state index contributed by atoms with van der Waals surface area (Å²) in [7, 11) is 6.13. The smallest absolute Gasteiger partial charge is 0.256 e. The molecule has 2 rings (SSSR count). The molecule has 0 radical (unpaired) electrons. The molecule has 0 unspecified atom stereocenters. The highest BCUT2D eigenvalue weighted by Crippen LogP contribution is 2.36. The minimum Gasteiger partial charge on any atom is -0.497 e. The maximum Gasteiger partial charge on any atom is 0.256 e. The fraction of sp³-hybridized carbons (Fsp3) is 0.235. The van der Waals surface area contributed by atoms with Gasteiger partial charge in [0, 0.05) is 11.6 Å². The SMILES string of the molecule is COc1ccc(NC(=O)c2cc(OC)c(Br)c(OC)c2)c(OC)c1. The van der Waals surface area contributed by atoms with Crippen LogP contribution in [0.5, 0.6) is 23.0 Å². The Morgan fingerprint density at radius 3 is 1.96 bits per heavy atom. The normalized spacial score (nSPS) is 10.0. The molecule has 0 spiro atoms. The standard InChI is InChI=1S/C17H18BrNO5/c1-21-11-5-6-12(13(9-11)22-2)19-17(20)10-7-14(23-3)16(18)15(8-10)24-4/h5-9H,1-4H3,(H,19,20). The second-order valence-corrected chi connectivity index (χ2v) is 5.51. The predicted octanol–water partition coefficient (Wildman–Crippen LogP) is 3.74. The highest BCUT2D eigenvalue weighted by molar-refractivity contribution is 9.10. The third-order valence-electron chi connectivity index (χ3n) is 3.36. The molecule has 0 aliphatic heterocycles. The maximum absolute atomic E-state index is 12.6. The van der Waals surface area contributed by atoms with Crippen LogP contribution in [0.15, 0.2) is 34.8 Å². The Kier molecular flexibility index (Phi) is 5.92. The summed E-state index contributed by atoms with van der Waals surface area (Å²) in [6, 6.07) is 8.39. The first-order chi connectivity index (χ1) is 11.5. The summed E-state index contributed by atoms with van der Waals surface area (Å²) >= 11 is 3.37. The summed E-state index contributed by atoms with van der Waals surface area (Å²) < 4.78 is 21.6. The van der Waals surface area contributed by atoms with Crippen molar-refractivity contribution in [3.8, 4) is 23.0 Å². The third kappa shape index (κ3) is 3.73. The molecule has 6 nitrogen and oxygen atoms in total. The highest BCUT2D eigenvalue weighted by Gasteiger charge is 2.16. The molecule has 0 saturated carbocycles. The van der Waals surface area contributed by atoms with E-state index in [9.17, 15) is 4.79 Å². The van der Waals surface area contributed by atoms with Crippen LogP contribution in [-0.2, 0) is 0 Å². The van der Waals surface area contributed by atoms with Crippen LogP contribution in [-0.4, -0.2) is 34.3 Å². The second kappa shape index (κ2) is 7.92. The summed E-state index contributed by atoms with van der Waals surface area (Å²) in [5.41, 5.74) is 0.925. The van der Waals surface area contributed by atoms with Crippen LogP contribution in [0, 0.1) is 0 Å². The van der Waals surface area contributed by atoms with Crippen molar-refractivity contribution in [1.82, 2.24) is 0 Å². The summed E-state index contributed by atoms with van der Waals surface area (Å²) in [6.07, 6.45) is 0. The van der Waals surface area contributed by atoms with Crippen LogP contribution in [0.1, 0.15) is 10.4 Å². The van der Waals surface area contributed by atoms with Gasteiger partial charge in [0.05, 0.1) is 34.1 Å². The third-order valence-corrected chi connectivity index (χ3v) is 4.15. The lowest BCUT2D eigenvalue weighted by Crippen LogP contribution is -2.13. The Hall–Kier alpha value is -2.41. The second-order valence-electron chi connectivity index (χ2n) is 4.72. The van der Waals surface area contributed by atoms with Crippen LogP contribution in [0.2, 0.25) is 0 Å². The van der Waals surface area contributed by atoms with Gasteiger partial charge in [0.1, 0.15) is 27.5 Å². The van der Waals surface area contributed by atoms with Crippen molar-refractivity contribution < 1.29 is 23.7 Å². The molecular formula is C17H18BrNO5. The number of benzene rings is 2. The van der Waals surface area contributed by atoms with Gasteiger partial charge in [-0.05, 0) is 40.2 Å². The molecule has 0 heterocycles. The molecule has 0 fully saturated rings. The van der Waals surface area contributed by atoms with Crippen molar-refractivity contribution in [2.24, 2.45) is 0 Å². The molecule has 2 aromatic carbocycles. The van der Waals surface area contributed by atoms with E-state index in [2.05, 4.69) is 21.2 Å². The molecule has 2 aromatic rings. The van der Waals surface area contributed by atoms with Crippen LogP contribution in [0.4, 0.5) is 5.69 Å². The minimum absolute atomic E-state index is 0.317. The molecule has 0 aliphatic carbocycles. The number of nitrogens with one attached hydrogen (secondary N) is 1. The summed E-state index contributed by atoms with van der Waals surface area (Å²) in [5, 5.41) is 2.81. The van der Waals surface area contributed by atoms with E-state index in [0.717, 1.165) is 0 Å². The number of hydrogen-bond donors (Lipinski definition) is 1. The molecule has 128 valence electrons. The van der Waals surface area contributed by atoms with Crippen LogP contribution in [0.3, 0.4) is 0 Å². The van der Waals surface area contributed by atoms with Crippen LogP contribution >= 0.6 is 15.9 Å². The van der Waals surface area contributed by atoms with Gasteiger partial charge in [-0.25, -0.2) is 0 Å². The molecule has 24 heavy (non-hydrogen) atoms. The van der Waals surface area contributed by atoms with E-state index in [-0.39, 0.29) is 5.91 Å². The Morgan fingerprint density at radius 2 is 1.46 bits per heavy atom. The number of carbonyl (C=O) groups excluding carboxylic acids is 1. The first-order valence-electron chi connectivity index (χ1n) is 6.99.